The summed E-state index contributed by atoms with van der Waals surface area (Å²) in [6.07, 6.45) is -0.345. The van der Waals surface area contributed by atoms with Crippen molar-refractivity contribution < 1.29 is 29.0 Å². The van der Waals surface area contributed by atoms with E-state index < -0.39 is 13.5 Å². The second-order valence-electron chi connectivity index (χ2n) is 6.32. The van der Waals surface area contributed by atoms with Crippen molar-refractivity contribution in [1.29, 1.82) is 0 Å². The van der Waals surface area contributed by atoms with E-state index in [0.29, 0.717) is 18.8 Å². The smallest absolute Gasteiger partial charge is 0.497 e. The summed E-state index contributed by atoms with van der Waals surface area (Å²) < 4.78 is 15.8. The lowest BCUT2D eigenvalue weighted by atomic mass is 9.96. The molecule has 1 aliphatic rings. The summed E-state index contributed by atoms with van der Waals surface area (Å²) in [5.41, 5.74) is 1.83. The second kappa shape index (κ2) is 8.90. The Bertz CT molecular complexity index is 767. The first-order chi connectivity index (χ1) is 13.0. The van der Waals surface area contributed by atoms with Gasteiger partial charge in [0.2, 0.25) is 5.91 Å². The highest BCUT2D eigenvalue weighted by atomic mass is 16.6. The maximum Gasteiger partial charge on any atom is 0.635 e. The normalized spacial score (nSPS) is 16.2. The van der Waals surface area contributed by atoms with Crippen molar-refractivity contribution in [2.75, 3.05) is 13.7 Å². The molecule has 7 nitrogen and oxygen atoms in total. The van der Waals surface area contributed by atoms with Crippen molar-refractivity contribution in [1.82, 2.24) is 5.32 Å². The first-order valence-corrected chi connectivity index (χ1v) is 8.71. The summed E-state index contributed by atoms with van der Waals surface area (Å²) in [4.78, 5) is 12.4. The van der Waals surface area contributed by atoms with Gasteiger partial charge in [-0.2, -0.15) is 0 Å². The van der Waals surface area contributed by atoms with Gasteiger partial charge in [-0.25, -0.2) is 0 Å². The molecular weight excluding hydrogens is 349 g/mol. The highest BCUT2D eigenvalue weighted by Gasteiger charge is 2.29. The predicted molar refractivity (Wildman–Crippen MR) is 99.2 cm³/mol. The van der Waals surface area contributed by atoms with Crippen LogP contribution in [0.1, 0.15) is 23.5 Å². The predicted octanol–water partition coefficient (Wildman–Crippen LogP) is 1.23. The number of hydrogen-bond acceptors (Lipinski definition) is 6. The average Bonchev–Trinajstić information content (AvgIpc) is 3.05. The van der Waals surface area contributed by atoms with Crippen LogP contribution in [0.15, 0.2) is 48.5 Å². The zero-order chi connectivity index (χ0) is 19.2. The first-order valence-electron chi connectivity index (χ1n) is 8.71. The van der Waals surface area contributed by atoms with Crippen LogP contribution in [-0.4, -0.2) is 43.2 Å². The number of rotatable bonds is 8. The molecule has 0 fully saturated rings. The van der Waals surface area contributed by atoms with Crippen LogP contribution < -0.4 is 14.8 Å². The Morgan fingerprint density at radius 3 is 2.70 bits per heavy atom. The molecule has 142 valence electrons. The lowest BCUT2D eigenvalue weighted by Gasteiger charge is -2.22. The van der Waals surface area contributed by atoms with Crippen LogP contribution in [0.3, 0.4) is 0 Å². The zero-order valence-corrected chi connectivity index (χ0v) is 15.0. The SMILES string of the molecule is COc1ccc(CC(=O)N[C@@H](C[C@H]2COc3ccccc32)OB(O)O)cc1. The minimum absolute atomic E-state index is 0.00811. The molecule has 8 heteroatoms. The summed E-state index contributed by atoms with van der Waals surface area (Å²) in [6, 6.07) is 14.8. The summed E-state index contributed by atoms with van der Waals surface area (Å²) >= 11 is 0. The molecule has 1 heterocycles. The number of methoxy groups -OCH3 is 1. The van der Waals surface area contributed by atoms with E-state index in [4.69, 9.17) is 14.1 Å². The Labute approximate surface area is 158 Å². The van der Waals surface area contributed by atoms with Gasteiger partial charge in [-0.05, 0) is 23.8 Å². The fourth-order valence-corrected chi connectivity index (χ4v) is 3.14. The number of carbonyl (C=O) groups is 1. The molecule has 0 spiro atoms. The molecular formula is C19H22BNO6. The molecule has 1 amide bonds. The van der Waals surface area contributed by atoms with Gasteiger partial charge in [0.05, 0.1) is 20.1 Å². The molecule has 0 saturated heterocycles. The number of benzene rings is 2. The summed E-state index contributed by atoms with van der Waals surface area (Å²) in [5, 5.41) is 21.1. The van der Waals surface area contributed by atoms with E-state index >= 15 is 0 Å². The summed E-state index contributed by atoms with van der Waals surface area (Å²) in [7, 11) is -0.400. The fourth-order valence-electron chi connectivity index (χ4n) is 3.14. The van der Waals surface area contributed by atoms with Crippen LogP contribution >= 0.6 is 0 Å². The molecule has 0 unspecified atom stereocenters. The van der Waals surface area contributed by atoms with Crippen LogP contribution in [0.4, 0.5) is 0 Å². The minimum atomic E-state index is -1.98. The lowest BCUT2D eigenvalue weighted by Crippen LogP contribution is -2.42. The van der Waals surface area contributed by atoms with Gasteiger partial charge >= 0.3 is 7.32 Å². The van der Waals surface area contributed by atoms with Crippen molar-refractivity contribution in [2.24, 2.45) is 0 Å². The average molecular weight is 371 g/mol. The number of carbonyl (C=O) groups excluding carboxylic acids is 1. The number of para-hydroxylation sites is 1. The highest BCUT2D eigenvalue weighted by Crippen LogP contribution is 2.36. The monoisotopic (exact) mass is 371 g/mol. The van der Waals surface area contributed by atoms with Gasteiger partial charge in [0.15, 0.2) is 0 Å². The summed E-state index contributed by atoms with van der Waals surface area (Å²) in [5.74, 6) is 1.23. The number of ether oxygens (including phenoxy) is 2. The maximum absolute atomic E-state index is 12.4. The summed E-state index contributed by atoms with van der Waals surface area (Å²) in [6.45, 7) is 0.453. The van der Waals surface area contributed by atoms with Crippen molar-refractivity contribution >= 4 is 13.2 Å². The molecule has 0 aromatic heterocycles. The zero-order valence-electron chi connectivity index (χ0n) is 15.0. The molecule has 2 atom stereocenters. The molecule has 0 bridgehead atoms. The van der Waals surface area contributed by atoms with Crippen LogP contribution in [0.5, 0.6) is 11.5 Å². The third-order valence-electron chi connectivity index (χ3n) is 4.43. The molecule has 1 aliphatic heterocycles. The Hall–Kier alpha value is -2.55. The van der Waals surface area contributed by atoms with Gasteiger partial charge in [0, 0.05) is 17.9 Å². The molecule has 27 heavy (non-hydrogen) atoms. The minimum Gasteiger partial charge on any atom is -0.497 e. The van der Waals surface area contributed by atoms with Crippen LogP contribution in [-0.2, 0) is 15.9 Å². The van der Waals surface area contributed by atoms with Gasteiger partial charge in [-0.15, -0.1) is 0 Å². The number of amides is 1. The molecule has 0 radical (unpaired) electrons. The Morgan fingerprint density at radius 1 is 1.26 bits per heavy atom. The van der Waals surface area contributed by atoms with Gasteiger partial charge in [-0.1, -0.05) is 30.3 Å². The van der Waals surface area contributed by atoms with Crippen LogP contribution in [0, 0.1) is 0 Å². The van der Waals surface area contributed by atoms with E-state index in [1.54, 1.807) is 31.4 Å². The van der Waals surface area contributed by atoms with E-state index in [2.05, 4.69) is 5.32 Å². The largest absolute Gasteiger partial charge is 0.635 e. The van der Waals surface area contributed by atoms with E-state index in [-0.39, 0.29) is 18.2 Å². The van der Waals surface area contributed by atoms with Gasteiger partial charge in [0.25, 0.3) is 0 Å². The standard InChI is InChI=1S/C19H22BNO6/c1-25-15-8-6-13(7-9-15)10-18(22)21-19(27-20(23)24)11-14-12-26-17-5-3-2-4-16(14)17/h2-9,14,19,23-24H,10-12H2,1H3,(H,21,22)/t14-,19+/m0/s1. The number of hydrogen-bond donors (Lipinski definition) is 3. The van der Waals surface area contributed by atoms with Crippen molar-refractivity contribution in [3.8, 4) is 11.5 Å². The van der Waals surface area contributed by atoms with E-state index in [1.807, 2.05) is 24.3 Å². The van der Waals surface area contributed by atoms with Gasteiger partial charge in [0.1, 0.15) is 17.7 Å². The molecule has 0 aliphatic carbocycles. The van der Waals surface area contributed by atoms with Gasteiger partial charge < -0.3 is 29.5 Å². The lowest BCUT2D eigenvalue weighted by molar-refractivity contribution is -0.123. The molecule has 0 saturated carbocycles. The van der Waals surface area contributed by atoms with E-state index in [0.717, 1.165) is 16.9 Å². The van der Waals surface area contributed by atoms with Crippen LogP contribution in [0.25, 0.3) is 0 Å². The topological polar surface area (TPSA) is 97.3 Å². The third kappa shape index (κ3) is 5.23. The fraction of sp³-hybridized carbons (Fsp3) is 0.316. The van der Waals surface area contributed by atoms with E-state index in [9.17, 15) is 14.8 Å². The van der Waals surface area contributed by atoms with Crippen molar-refractivity contribution in [2.45, 2.75) is 25.0 Å². The number of nitrogens with one attached hydrogen (secondary N) is 1. The Balaban J connectivity index is 1.61. The second-order valence-corrected chi connectivity index (χ2v) is 6.32. The Morgan fingerprint density at radius 2 is 2.00 bits per heavy atom. The quantitative estimate of drug-likeness (QED) is 0.477. The highest BCUT2D eigenvalue weighted by molar-refractivity contribution is 6.32. The Kier molecular flexibility index (Phi) is 6.34. The van der Waals surface area contributed by atoms with Gasteiger partial charge in [-0.3, -0.25) is 4.79 Å². The van der Waals surface area contributed by atoms with Crippen molar-refractivity contribution in [3.05, 3.63) is 59.7 Å². The molecule has 3 N–H and O–H groups in total. The third-order valence-corrected chi connectivity index (χ3v) is 4.43. The van der Waals surface area contributed by atoms with Crippen LogP contribution in [0.2, 0.25) is 0 Å². The van der Waals surface area contributed by atoms with Crippen molar-refractivity contribution in [3.63, 3.8) is 0 Å². The maximum atomic E-state index is 12.4. The van der Waals surface area contributed by atoms with E-state index in [1.165, 1.54) is 0 Å². The molecule has 2 aromatic rings. The molecule has 2 aromatic carbocycles. The number of fused-ring (bicyclic) bond motifs is 1. The first kappa shape index (κ1) is 19.2. The molecule has 3 rings (SSSR count).